The number of benzene rings is 1. The highest BCUT2D eigenvalue weighted by atomic mass is 16.3. The predicted octanol–water partition coefficient (Wildman–Crippen LogP) is 1.69. The lowest BCUT2D eigenvalue weighted by atomic mass is 10.0. The molecule has 2 unspecified atom stereocenters. The normalized spacial score (nSPS) is 30.6. The van der Waals surface area contributed by atoms with Crippen molar-refractivity contribution in [3.8, 4) is 0 Å². The maximum atomic E-state index is 12.3. The molecule has 1 aromatic carbocycles. The van der Waals surface area contributed by atoms with Crippen molar-refractivity contribution in [1.82, 2.24) is 4.90 Å². The van der Waals surface area contributed by atoms with E-state index >= 15 is 0 Å². The Kier molecular flexibility index (Phi) is 2.86. The van der Waals surface area contributed by atoms with Crippen LogP contribution in [-0.2, 0) is 4.79 Å². The van der Waals surface area contributed by atoms with Crippen molar-refractivity contribution in [2.75, 3.05) is 13.1 Å². The monoisotopic (exact) mass is 245 g/mol. The van der Waals surface area contributed by atoms with Crippen LogP contribution >= 0.6 is 0 Å². The standard InChI is InChI=1S/C15H19NO2/c1-10-4-2-3-5-12(10)13-8-14(13)15(18)16-7-6-11(17)9-16/h2-5,11,13-14,17H,6-9H2,1H3/t11-,13?,14?/m1/s1. The Labute approximate surface area is 107 Å². The summed E-state index contributed by atoms with van der Waals surface area (Å²) >= 11 is 0. The molecule has 18 heavy (non-hydrogen) atoms. The second-order valence-electron chi connectivity index (χ2n) is 5.53. The average Bonchev–Trinajstić information content (AvgIpc) is 3.03. The molecule has 0 aromatic heterocycles. The van der Waals surface area contributed by atoms with Gasteiger partial charge in [0.15, 0.2) is 0 Å². The van der Waals surface area contributed by atoms with E-state index in [0.717, 1.165) is 19.4 Å². The summed E-state index contributed by atoms with van der Waals surface area (Å²) in [6.45, 7) is 3.35. The number of aliphatic hydroxyl groups is 1. The summed E-state index contributed by atoms with van der Waals surface area (Å²) in [5.41, 5.74) is 2.59. The number of aliphatic hydroxyl groups excluding tert-OH is 1. The average molecular weight is 245 g/mol. The number of rotatable bonds is 2. The van der Waals surface area contributed by atoms with E-state index in [4.69, 9.17) is 0 Å². The Morgan fingerprint density at radius 2 is 2.17 bits per heavy atom. The summed E-state index contributed by atoms with van der Waals surface area (Å²) in [7, 11) is 0. The molecule has 1 aliphatic carbocycles. The Morgan fingerprint density at radius 1 is 1.39 bits per heavy atom. The zero-order chi connectivity index (χ0) is 12.7. The van der Waals surface area contributed by atoms with Gasteiger partial charge in [0, 0.05) is 19.0 Å². The highest BCUT2D eigenvalue weighted by Crippen LogP contribution is 2.49. The number of aryl methyl sites for hydroxylation is 1. The lowest BCUT2D eigenvalue weighted by Crippen LogP contribution is -2.31. The van der Waals surface area contributed by atoms with Gasteiger partial charge in [-0.15, -0.1) is 0 Å². The number of likely N-dealkylation sites (tertiary alicyclic amines) is 1. The molecule has 1 saturated heterocycles. The molecule has 2 aliphatic rings. The maximum Gasteiger partial charge on any atom is 0.226 e. The van der Waals surface area contributed by atoms with Crippen LogP contribution in [0.3, 0.4) is 0 Å². The second-order valence-corrected chi connectivity index (χ2v) is 5.53. The fourth-order valence-corrected chi connectivity index (χ4v) is 2.99. The third kappa shape index (κ3) is 2.03. The Hall–Kier alpha value is -1.35. The van der Waals surface area contributed by atoms with Gasteiger partial charge in [0.1, 0.15) is 0 Å². The van der Waals surface area contributed by atoms with Gasteiger partial charge in [0.05, 0.1) is 6.10 Å². The van der Waals surface area contributed by atoms with Crippen LogP contribution < -0.4 is 0 Å². The molecule has 0 bridgehead atoms. The topological polar surface area (TPSA) is 40.5 Å². The number of nitrogens with zero attached hydrogens (tertiary/aromatic N) is 1. The number of hydrogen-bond acceptors (Lipinski definition) is 2. The molecule has 1 heterocycles. The van der Waals surface area contributed by atoms with E-state index < -0.39 is 0 Å². The van der Waals surface area contributed by atoms with Gasteiger partial charge in [-0.05, 0) is 36.8 Å². The number of hydrogen-bond donors (Lipinski definition) is 1. The Bertz CT molecular complexity index is 471. The van der Waals surface area contributed by atoms with Crippen LogP contribution in [-0.4, -0.2) is 35.1 Å². The van der Waals surface area contributed by atoms with E-state index in [9.17, 15) is 9.90 Å². The van der Waals surface area contributed by atoms with Crippen LogP contribution in [0.4, 0.5) is 0 Å². The van der Waals surface area contributed by atoms with Crippen molar-refractivity contribution in [2.45, 2.75) is 31.8 Å². The molecule has 1 amide bonds. The maximum absolute atomic E-state index is 12.3. The highest BCUT2D eigenvalue weighted by Gasteiger charge is 2.47. The minimum Gasteiger partial charge on any atom is -0.391 e. The first-order chi connectivity index (χ1) is 8.66. The van der Waals surface area contributed by atoms with Crippen LogP contribution in [0.2, 0.25) is 0 Å². The summed E-state index contributed by atoms with van der Waals surface area (Å²) in [5.74, 6) is 0.785. The van der Waals surface area contributed by atoms with Gasteiger partial charge in [-0.1, -0.05) is 24.3 Å². The fraction of sp³-hybridized carbons (Fsp3) is 0.533. The number of amides is 1. The third-order valence-electron chi connectivity index (χ3n) is 4.17. The van der Waals surface area contributed by atoms with Gasteiger partial charge in [-0.25, -0.2) is 0 Å². The Balaban J connectivity index is 1.67. The number of carbonyl (C=O) groups is 1. The number of β-amino-alcohol motifs (C(OH)–C–C–N with tert-alkyl or cyclic N) is 1. The molecular weight excluding hydrogens is 226 g/mol. The molecular formula is C15H19NO2. The SMILES string of the molecule is Cc1ccccc1C1CC1C(=O)N1CC[C@@H](O)C1. The molecule has 1 aliphatic heterocycles. The van der Waals surface area contributed by atoms with Crippen molar-refractivity contribution < 1.29 is 9.90 Å². The largest absolute Gasteiger partial charge is 0.391 e. The quantitative estimate of drug-likeness (QED) is 0.861. The van der Waals surface area contributed by atoms with E-state index in [1.165, 1.54) is 11.1 Å². The van der Waals surface area contributed by atoms with Crippen molar-refractivity contribution in [2.24, 2.45) is 5.92 Å². The first-order valence-corrected chi connectivity index (χ1v) is 6.69. The minimum atomic E-state index is -0.315. The van der Waals surface area contributed by atoms with Gasteiger partial charge >= 0.3 is 0 Å². The first kappa shape index (κ1) is 11.7. The van der Waals surface area contributed by atoms with Crippen LogP contribution in [0.5, 0.6) is 0 Å². The van der Waals surface area contributed by atoms with Crippen LogP contribution in [0, 0.1) is 12.8 Å². The van der Waals surface area contributed by atoms with Crippen LogP contribution in [0.25, 0.3) is 0 Å². The molecule has 1 N–H and O–H groups in total. The molecule has 3 rings (SSSR count). The van der Waals surface area contributed by atoms with Gasteiger partial charge < -0.3 is 10.0 Å². The minimum absolute atomic E-state index is 0.149. The summed E-state index contributed by atoms with van der Waals surface area (Å²) in [4.78, 5) is 14.1. The van der Waals surface area contributed by atoms with Crippen molar-refractivity contribution in [1.29, 1.82) is 0 Å². The lowest BCUT2D eigenvalue weighted by Gasteiger charge is -2.15. The van der Waals surface area contributed by atoms with E-state index in [1.807, 2.05) is 17.0 Å². The molecule has 3 heteroatoms. The second kappa shape index (κ2) is 4.39. The Morgan fingerprint density at radius 3 is 2.83 bits per heavy atom. The van der Waals surface area contributed by atoms with Crippen molar-refractivity contribution >= 4 is 5.91 Å². The van der Waals surface area contributed by atoms with E-state index in [-0.39, 0.29) is 17.9 Å². The molecule has 0 spiro atoms. The van der Waals surface area contributed by atoms with Crippen LogP contribution in [0.1, 0.15) is 29.9 Å². The molecule has 0 radical (unpaired) electrons. The van der Waals surface area contributed by atoms with Crippen LogP contribution in [0.15, 0.2) is 24.3 Å². The fourth-order valence-electron chi connectivity index (χ4n) is 2.99. The number of carbonyl (C=O) groups excluding carboxylic acids is 1. The zero-order valence-corrected chi connectivity index (χ0v) is 10.7. The van der Waals surface area contributed by atoms with E-state index in [1.54, 1.807) is 0 Å². The predicted molar refractivity (Wildman–Crippen MR) is 69.2 cm³/mol. The first-order valence-electron chi connectivity index (χ1n) is 6.69. The molecule has 1 aromatic rings. The van der Waals surface area contributed by atoms with Gasteiger partial charge in [-0.2, -0.15) is 0 Å². The molecule has 3 nitrogen and oxygen atoms in total. The molecule has 96 valence electrons. The molecule has 1 saturated carbocycles. The van der Waals surface area contributed by atoms with Crippen molar-refractivity contribution in [3.63, 3.8) is 0 Å². The lowest BCUT2D eigenvalue weighted by molar-refractivity contribution is -0.131. The molecule has 3 atom stereocenters. The third-order valence-corrected chi connectivity index (χ3v) is 4.17. The van der Waals surface area contributed by atoms with E-state index in [0.29, 0.717) is 12.5 Å². The van der Waals surface area contributed by atoms with Gasteiger partial charge in [-0.3, -0.25) is 4.79 Å². The van der Waals surface area contributed by atoms with Gasteiger partial charge in [0.2, 0.25) is 5.91 Å². The van der Waals surface area contributed by atoms with Gasteiger partial charge in [0.25, 0.3) is 0 Å². The highest BCUT2D eigenvalue weighted by molar-refractivity contribution is 5.83. The summed E-state index contributed by atoms with van der Waals surface area (Å²) in [6, 6.07) is 8.32. The summed E-state index contributed by atoms with van der Waals surface area (Å²) in [5, 5.41) is 9.48. The summed E-state index contributed by atoms with van der Waals surface area (Å²) < 4.78 is 0. The summed E-state index contributed by atoms with van der Waals surface area (Å²) in [6.07, 6.45) is 1.38. The zero-order valence-electron chi connectivity index (χ0n) is 10.7. The molecule has 2 fully saturated rings. The van der Waals surface area contributed by atoms with E-state index in [2.05, 4.69) is 19.1 Å². The smallest absolute Gasteiger partial charge is 0.226 e. The van der Waals surface area contributed by atoms with Crippen molar-refractivity contribution in [3.05, 3.63) is 35.4 Å².